The van der Waals surface area contributed by atoms with E-state index >= 15 is 0 Å². The first kappa shape index (κ1) is 15.5. The number of methoxy groups -OCH3 is 1. The number of nitro groups is 1. The van der Waals surface area contributed by atoms with E-state index in [0.29, 0.717) is 12.8 Å². The van der Waals surface area contributed by atoms with E-state index in [-0.39, 0.29) is 36.1 Å². The summed E-state index contributed by atoms with van der Waals surface area (Å²) in [6.45, 7) is -0.280. The predicted octanol–water partition coefficient (Wildman–Crippen LogP) is 0.893. The highest BCUT2D eigenvalue weighted by molar-refractivity contribution is 5.99. The maximum Gasteiger partial charge on any atom is 0.286 e. The van der Waals surface area contributed by atoms with E-state index in [4.69, 9.17) is 14.2 Å². The van der Waals surface area contributed by atoms with E-state index < -0.39 is 23.1 Å². The highest BCUT2D eigenvalue weighted by atomic mass is 16.7. The minimum Gasteiger partial charge on any atom is -0.454 e. The second-order valence-electron chi connectivity index (χ2n) is 5.30. The van der Waals surface area contributed by atoms with E-state index in [0.717, 1.165) is 0 Å². The topological polar surface area (TPSA) is 111 Å². The minimum atomic E-state index is -0.638. The molecule has 2 atom stereocenters. The van der Waals surface area contributed by atoms with Crippen molar-refractivity contribution in [1.82, 2.24) is 4.90 Å². The molecule has 0 aromatic heterocycles. The summed E-state index contributed by atoms with van der Waals surface area (Å²) >= 11 is 0. The Bertz CT molecular complexity index is 636. The molecule has 0 saturated carbocycles. The molecule has 23 heavy (non-hydrogen) atoms. The van der Waals surface area contributed by atoms with Gasteiger partial charge in [-0.15, -0.1) is 0 Å². The fourth-order valence-corrected chi connectivity index (χ4v) is 2.95. The Morgan fingerprint density at radius 3 is 2.74 bits per heavy atom. The Morgan fingerprint density at radius 1 is 1.43 bits per heavy atom. The second kappa shape index (κ2) is 6.01. The van der Waals surface area contributed by atoms with Gasteiger partial charge in [-0.2, -0.15) is 0 Å². The maximum atomic E-state index is 12.8. The van der Waals surface area contributed by atoms with Gasteiger partial charge in [0, 0.05) is 13.2 Å². The molecule has 124 valence electrons. The van der Waals surface area contributed by atoms with Crippen molar-refractivity contribution in [1.29, 1.82) is 0 Å². The third-order valence-electron chi connectivity index (χ3n) is 4.09. The number of carbonyl (C=O) groups excluding carboxylic acids is 1. The number of nitrogens with zero attached hydrogens (tertiary/aromatic N) is 2. The Morgan fingerprint density at radius 2 is 2.13 bits per heavy atom. The van der Waals surface area contributed by atoms with Crippen LogP contribution >= 0.6 is 0 Å². The van der Waals surface area contributed by atoms with Crippen molar-refractivity contribution in [2.45, 2.75) is 25.1 Å². The number of rotatable bonds is 4. The van der Waals surface area contributed by atoms with Gasteiger partial charge in [-0.1, -0.05) is 0 Å². The molecule has 0 aliphatic carbocycles. The maximum absolute atomic E-state index is 12.8. The van der Waals surface area contributed by atoms with E-state index in [2.05, 4.69) is 0 Å². The molecular weight excluding hydrogens is 308 g/mol. The van der Waals surface area contributed by atoms with Crippen LogP contribution in [0.4, 0.5) is 5.69 Å². The summed E-state index contributed by atoms with van der Waals surface area (Å²) in [6, 6.07) is 2.06. The molecular formula is C14H16N2O7. The quantitative estimate of drug-likeness (QED) is 0.646. The van der Waals surface area contributed by atoms with E-state index in [1.807, 2.05) is 0 Å². The standard InChI is InChI=1S/C14H16N2O7/c1-21-13-3-2-8(6-17)15(13)14(18)9-4-11-12(23-7-22-11)5-10(9)16(19)20/h4-5,8,13,17H,2-3,6-7H2,1H3/t8-,13?/m0/s1. The van der Waals surface area contributed by atoms with Crippen LogP contribution in [0.3, 0.4) is 0 Å². The summed E-state index contributed by atoms with van der Waals surface area (Å²) in [5, 5.41) is 20.8. The molecule has 1 saturated heterocycles. The molecule has 1 N–H and O–H groups in total. The lowest BCUT2D eigenvalue weighted by molar-refractivity contribution is -0.385. The number of aliphatic hydroxyl groups is 1. The molecule has 1 aromatic rings. The lowest BCUT2D eigenvalue weighted by atomic mass is 10.1. The molecule has 9 heteroatoms. The zero-order chi connectivity index (χ0) is 16.6. The van der Waals surface area contributed by atoms with Gasteiger partial charge in [0.05, 0.1) is 23.6 Å². The number of fused-ring (bicyclic) bond motifs is 1. The monoisotopic (exact) mass is 324 g/mol. The van der Waals surface area contributed by atoms with Crippen LogP contribution in [0.2, 0.25) is 0 Å². The molecule has 0 radical (unpaired) electrons. The SMILES string of the molecule is COC1CC[C@@H](CO)N1C(=O)c1cc2c(cc1[N+](=O)[O-])OCO2. The molecule has 9 nitrogen and oxygen atoms in total. The summed E-state index contributed by atoms with van der Waals surface area (Å²) in [7, 11) is 1.46. The first-order valence-electron chi connectivity index (χ1n) is 7.11. The van der Waals surface area contributed by atoms with Gasteiger partial charge >= 0.3 is 0 Å². The van der Waals surface area contributed by atoms with Gasteiger partial charge in [0.15, 0.2) is 11.5 Å². The van der Waals surface area contributed by atoms with Crippen LogP contribution in [0.5, 0.6) is 11.5 Å². The Kier molecular flexibility index (Phi) is 4.05. The number of hydrogen-bond acceptors (Lipinski definition) is 7. The minimum absolute atomic E-state index is 0.0478. The highest BCUT2D eigenvalue weighted by Crippen LogP contribution is 2.39. The van der Waals surface area contributed by atoms with Crippen LogP contribution in [0.15, 0.2) is 12.1 Å². The van der Waals surface area contributed by atoms with Gasteiger partial charge in [-0.25, -0.2) is 0 Å². The Balaban J connectivity index is 2.03. The van der Waals surface area contributed by atoms with Gasteiger partial charge in [0.2, 0.25) is 6.79 Å². The molecule has 0 bridgehead atoms. The lowest BCUT2D eigenvalue weighted by Gasteiger charge is -2.28. The van der Waals surface area contributed by atoms with Gasteiger partial charge in [0.25, 0.3) is 11.6 Å². The zero-order valence-electron chi connectivity index (χ0n) is 12.4. The smallest absolute Gasteiger partial charge is 0.286 e. The summed E-state index contributed by atoms with van der Waals surface area (Å²) in [5.41, 5.74) is -0.473. The predicted molar refractivity (Wildman–Crippen MR) is 76.3 cm³/mol. The van der Waals surface area contributed by atoms with Crippen LogP contribution in [-0.4, -0.2) is 53.6 Å². The zero-order valence-corrected chi connectivity index (χ0v) is 12.4. The number of carbonyl (C=O) groups is 1. The first-order chi connectivity index (χ1) is 11.1. The van der Waals surface area contributed by atoms with Crippen molar-refractivity contribution in [3.63, 3.8) is 0 Å². The van der Waals surface area contributed by atoms with E-state index in [1.165, 1.54) is 24.1 Å². The molecule has 2 heterocycles. The van der Waals surface area contributed by atoms with Gasteiger partial charge in [-0.05, 0) is 12.8 Å². The van der Waals surface area contributed by atoms with Crippen molar-refractivity contribution in [2.75, 3.05) is 20.5 Å². The summed E-state index contributed by atoms with van der Waals surface area (Å²) < 4.78 is 15.6. The summed E-state index contributed by atoms with van der Waals surface area (Å²) in [6.07, 6.45) is 0.606. The Labute approximate surface area is 131 Å². The number of nitro benzene ring substituents is 1. The molecule has 3 rings (SSSR count). The molecule has 1 fully saturated rings. The van der Waals surface area contributed by atoms with Crippen LogP contribution in [0, 0.1) is 10.1 Å². The van der Waals surface area contributed by atoms with Gasteiger partial charge < -0.3 is 24.2 Å². The van der Waals surface area contributed by atoms with Gasteiger partial charge in [-0.3, -0.25) is 14.9 Å². The van der Waals surface area contributed by atoms with Gasteiger partial charge in [0.1, 0.15) is 11.8 Å². The average molecular weight is 324 g/mol. The first-order valence-corrected chi connectivity index (χ1v) is 7.11. The van der Waals surface area contributed by atoms with E-state index in [9.17, 15) is 20.0 Å². The molecule has 0 spiro atoms. The molecule has 2 aliphatic heterocycles. The van der Waals surface area contributed by atoms with Crippen LogP contribution in [0.25, 0.3) is 0 Å². The Hall–Kier alpha value is -2.39. The van der Waals surface area contributed by atoms with Crippen molar-refractivity contribution in [3.05, 3.63) is 27.8 Å². The van der Waals surface area contributed by atoms with Crippen molar-refractivity contribution < 1.29 is 29.0 Å². The lowest BCUT2D eigenvalue weighted by Crippen LogP contribution is -2.43. The normalized spacial score (nSPS) is 22.4. The van der Waals surface area contributed by atoms with Crippen molar-refractivity contribution in [2.24, 2.45) is 0 Å². The second-order valence-corrected chi connectivity index (χ2v) is 5.30. The number of amides is 1. The average Bonchev–Trinajstić information content (AvgIpc) is 3.18. The third kappa shape index (κ3) is 2.57. The number of likely N-dealkylation sites (tertiary alicyclic amines) is 1. The summed E-state index contributed by atoms with van der Waals surface area (Å²) in [5.74, 6) is -0.0530. The van der Waals surface area contributed by atoms with Crippen LogP contribution in [-0.2, 0) is 4.74 Å². The number of aliphatic hydroxyl groups excluding tert-OH is 1. The molecule has 2 aliphatic rings. The molecule has 1 unspecified atom stereocenters. The summed E-state index contributed by atoms with van der Waals surface area (Å²) in [4.78, 5) is 24.9. The third-order valence-corrected chi connectivity index (χ3v) is 4.09. The van der Waals surface area contributed by atoms with E-state index in [1.54, 1.807) is 0 Å². The molecule has 1 aromatic carbocycles. The molecule has 1 amide bonds. The number of benzene rings is 1. The fraction of sp³-hybridized carbons (Fsp3) is 0.500. The number of ether oxygens (including phenoxy) is 3. The van der Waals surface area contributed by atoms with Crippen LogP contribution in [0.1, 0.15) is 23.2 Å². The van der Waals surface area contributed by atoms with Crippen molar-refractivity contribution >= 4 is 11.6 Å². The highest BCUT2D eigenvalue weighted by Gasteiger charge is 2.40. The van der Waals surface area contributed by atoms with Crippen molar-refractivity contribution in [3.8, 4) is 11.5 Å². The fourth-order valence-electron chi connectivity index (χ4n) is 2.95. The largest absolute Gasteiger partial charge is 0.454 e. The number of hydrogen-bond donors (Lipinski definition) is 1. The van der Waals surface area contributed by atoms with Crippen LogP contribution < -0.4 is 9.47 Å².